The highest BCUT2D eigenvalue weighted by atomic mass is 16.3. The molecule has 1 aliphatic carbocycles. The Balaban J connectivity index is 1.90. The lowest BCUT2D eigenvalue weighted by atomic mass is 9.79. The quantitative estimate of drug-likeness (QED) is 0.816. The number of Topliss-reactive ketones (excluding diaryl/α,β-unsaturated/α-hetero) is 1. The maximum Gasteiger partial charge on any atom is 0.232 e. The second kappa shape index (κ2) is 6.03. The molecule has 1 atom stereocenters. The molecule has 0 saturated carbocycles. The van der Waals surface area contributed by atoms with E-state index in [-0.39, 0.29) is 24.0 Å². The Bertz CT molecular complexity index is 877. The van der Waals surface area contributed by atoms with Gasteiger partial charge in [-0.3, -0.25) is 14.5 Å². The average molecular weight is 335 g/mol. The van der Waals surface area contributed by atoms with E-state index in [1.165, 1.54) is 0 Å². The SMILES string of the molecule is Cc1ccc(C)c(N2C(=O)CC(c3ccco3)C3=C2CCCC3=O)c1. The molecule has 4 rings (SSSR count). The third-order valence-corrected chi connectivity index (χ3v) is 5.17. The number of allylic oxidation sites excluding steroid dienone is 2. The van der Waals surface area contributed by atoms with Crippen LogP contribution >= 0.6 is 0 Å². The highest BCUT2D eigenvalue weighted by Crippen LogP contribution is 2.44. The van der Waals surface area contributed by atoms with Crippen molar-refractivity contribution in [1.29, 1.82) is 0 Å². The van der Waals surface area contributed by atoms with Crippen LogP contribution in [0.3, 0.4) is 0 Å². The zero-order valence-electron chi connectivity index (χ0n) is 14.5. The van der Waals surface area contributed by atoms with Crippen molar-refractivity contribution in [2.24, 2.45) is 0 Å². The van der Waals surface area contributed by atoms with Gasteiger partial charge in [-0.1, -0.05) is 12.1 Å². The second-order valence-electron chi connectivity index (χ2n) is 6.93. The third-order valence-electron chi connectivity index (χ3n) is 5.17. The molecule has 2 aliphatic rings. The molecule has 0 fully saturated rings. The standard InChI is InChI=1S/C21H21NO3/c1-13-8-9-14(2)17(11-13)22-16-5-3-6-18(23)21(16)15(12-20(22)24)19-7-4-10-25-19/h4,7-11,15H,3,5-6,12H2,1-2H3. The molecule has 128 valence electrons. The first-order valence-electron chi connectivity index (χ1n) is 8.76. The average Bonchev–Trinajstić information content (AvgIpc) is 3.11. The molecule has 1 aromatic carbocycles. The fraction of sp³-hybridized carbons (Fsp3) is 0.333. The number of amides is 1. The maximum atomic E-state index is 13.1. The van der Waals surface area contributed by atoms with Crippen molar-refractivity contribution in [3.63, 3.8) is 0 Å². The number of nitrogens with zero attached hydrogens (tertiary/aromatic N) is 1. The molecule has 0 spiro atoms. The van der Waals surface area contributed by atoms with E-state index >= 15 is 0 Å². The van der Waals surface area contributed by atoms with E-state index < -0.39 is 0 Å². The second-order valence-corrected chi connectivity index (χ2v) is 6.93. The summed E-state index contributed by atoms with van der Waals surface area (Å²) in [7, 11) is 0. The topological polar surface area (TPSA) is 50.5 Å². The minimum Gasteiger partial charge on any atom is -0.469 e. The summed E-state index contributed by atoms with van der Waals surface area (Å²) in [5.74, 6) is 0.623. The predicted molar refractivity (Wildman–Crippen MR) is 95.4 cm³/mol. The van der Waals surface area contributed by atoms with Crippen LogP contribution in [0.4, 0.5) is 5.69 Å². The number of rotatable bonds is 2. The number of benzene rings is 1. The molecule has 25 heavy (non-hydrogen) atoms. The van der Waals surface area contributed by atoms with Crippen LogP contribution in [0, 0.1) is 13.8 Å². The lowest BCUT2D eigenvalue weighted by Crippen LogP contribution is -2.40. The van der Waals surface area contributed by atoms with Gasteiger partial charge in [-0.15, -0.1) is 0 Å². The van der Waals surface area contributed by atoms with Crippen molar-refractivity contribution in [2.45, 2.75) is 45.4 Å². The van der Waals surface area contributed by atoms with Crippen LogP contribution in [0.25, 0.3) is 0 Å². The highest BCUT2D eigenvalue weighted by Gasteiger charge is 2.41. The van der Waals surface area contributed by atoms with Gasteiger partial charge in [0.1, 0.15) is 5.76 Å². The van der Waals surface area contributed by atoms with E-state index in [0.717, 1.165) is 40.9 Å². The number of carbonyl (C=O) groups is 2. The summed E-state index contributed by atoms with van der Waals surface area (Å²) in [5.41, 5.74) is 4.67. The van der Waals surface area contributed by atoms with Crippen molar-refractivity contribution < 1.29 is 14.0 Å². The molecule has 0 bridgehead atoms. The fourth-order valence-electron chi connectivity index (χ4n) is 3.97. The Morgan fingerprint density at radius 1 is 1.12 bits per heavy atom. The Morgan fingerprint density at radius 3 is 2.72 bits per heavy atom. The molecule has 2 aromatic rings. The van der Waals surface area contributed by atoms with Crippen LogP contribution in [0.2, 0.25) is 0 Å². The summed E-state index contributed by atoms with van der Waals surface area (Å²) in [6.07, 6.45) is 3.95. The molecule has 1 aromatic heterocycles. The summed E-state index contributed by atoms with van der Waals surface area (Å²) in [6, 6.07) is 9.77. The predicted octanol–water partition coefficient (Wildman–Crippen LogP) is 4.42. The molecule has 0 saturated heterocycles. The monoisotopic (exact) mass is 335 g/mol. The van der Waals surface area contributed by atoms with Gasteiger partial charge in [0.15, 0.2) is 5.78 Å². The summed E-state index contributed by atoms with van der Waals surface area (Å²) in [6.45, 7) is 4.02. The van der Waals surface area contributed by atoms with Gasteiger partial charge in [0, 0.05) is 24.1 Å². The fourth-order valence-corrected chi connectivity index (χ4v) is 3.97. The number of hydrogen-bond donors (Lipinski definition) is 0. The third kappa shape index (κ3) is 2.62. The largest absolute Gasteiger partial charge is 0.469 e. The Morgan fingerprint density at radius 2 is 1.96 bits per heavy atom. The number of aryl methyl sites for hydroxylation is 2. The number of ketones is 1. The molecular weight excluding hydrogens is 314 g/mol. The van der Waals surface area contributed by atoms with E-state index in [2.05, 4.69) is 0 Å². The molecule has 1 amide bonds. The van der Waals surface area contributed by atoms with Crippen LogP contribution < -0.4 is 4.90 Å². The van der Waals surface area contributed by atoms with Crippen molar-refractivity contribution in [3.8, 4) is 0 Å². The van der Waals surface area contributed by atoms with Crippen molar-refractivity contribution in [3.05, 3.63) is 64.8 Å². The zero-order valence-corrected chi connectivity index (χ0v) is 14.5. The van der Waals surface area contributed by atoms with Gasteiger partial charge in [-0.25, -0.2) is 0 Å². The Kier molecular flexibility index (Phi) is 3.83. The molecule has 1 aliphatic heterocycles. The first kappa shape index (κ1) is 15.9. The number of carbonyl (C=O) groups excluding carboxylic acids is 2. The van der Waals surface area contributed by atoms with Gasteiger partial charge in [-0.05, 0) is 56.0 Å². The van der Waals surface area contributed by atoms with Crippen LogP contribution in [0.5, 0.6) is 0 Å². The lowest BCUT2D eigenvalue weighted by molar-refractivity contribution is -0.120. The van der Waals surface area contributed by atoms with Crippen LogP contribution in [0.15, 0.2) is 52.3 Å². The van der Waals surface area contributed by atoms with Gasteiger partial charge < -0.3 is 4.42 Å². The van der Waals surface area contributed by atoms with Crippen LogP contribution in [-0.4, -0.2) is 11.7 Å². The molecule has 4 nitrogen and oxygen atoms in total. The van der Waals surface area contributed by atoms with E-state index in [1.54, 1.807) is 11.2 Å². The van der Waals surface area contributed by atoms with Crippen LogP contribution in [-0.2, 0) is 9.59 Å². The Labute approximate surface area is 147 Å². The first-order valence-corrected chi connectivity index (χ1v) is 8.76. The van der Waals surface area contributed by atoms with E-state index in [1.807, 2.05) is 44.2 Å². The van der Waals surface area contributed by atoms with Crippen molar-refractivity contribution in [1.82, 2.24) is 0 Å². The summed E-state index contributed by atoms with van der Waals surface area (Å²) < 4.78 is 5.55. The molecule has 2 heterocycles. The van der Waals surface area contributed by atoms with Crippen molar-refractivity contribution >= 4 is 17.4 Å². The highest BCUT2D eigenvalue weighted by molar-refractivity contribution is 6.07. The van der Waals surface area contributed by atoms with E-state index in [0.29, 0.717) is 12.2 Å². The van der Waals surface area contributed by atoms with Gasteiger partial charge in [0.25, 0.3) is 0 Å². The lowest BCUT2D eigenvalue weighted by Gasteiger charge is -2.38. The van der Waals surface area contributed by atoms with Gasteiger partial charge in [0.05, 0.1) is 17.9 Å². The van der Waals surface area contributed by atoms with Gasteiger partial charge >= 0.3 is 0 Å². The first-order chi connectivity index (χ1) is 12.1. The molecule has 4 heteroatoms. The number of hydrogen-bond acceptors (Lipinski definition) is 3. The Hall–Kier alpha value is -2.62. The van der Waals surface area contributed by atoms with Gasteiger partial charge in [0.2, 0.25) is 5.91 Å². The maximum absolute atomic E-state index is 13.1. The summed E-state index contributed by atoms with van der Waals surface area (Å²) in [4.78, 5) is 27.6. The minimum absolute atomic E-state index is 0.0311. The summed E-state index contributed by atoms with van der Waals surface area (Å²) in [5, 5.41) is 0. The smallest absolute Gasteiger partial charge is 0.232 e. The zero-order chi connectivity index (χ0) is 17.6. The molecule has 0 N–H and O–H groups in total. The number of furan rings is 1. The van der Waals surface area contributed by atoms with E-state index in [9.17, 15) is 9.59 Å². The minimum atomic E-state index is -0.258. The molecular formula is C21H21NO3. The normalized spacial score (nSPS) is 20.9. The number of anilines is 1. The van der Waals surface area contributed by atoms with E-state index in [4.69, 9.17) is 4.42 Å². The van der Waals surface area contributed by atoms with Gasteiger partial charge in [-0.2, -0.15) is 0 Å². The van der Waals surface area contributed by atoms with Crippen LogP contribution in [0.1, 0.15) is 48.5 Å². The molecule has 0 radical (unpaired) electrons. The summed E-state index contributed by atoms with van der Waals surface area (Å²) >= 11 is 0. The molecule has 1 unspecified atom stereocenters. The van der Waals surface area contributed by atoms with Crippen molar-refractivity contribution in [2.75, 3.05) is 4.90 Å².